The fourth-order valence-corrected chi connectivity index (χ4v) is 2.57. The molecular formula is C14H19NO3S. The van der Waals surface area contributed by atoms with Gasteiger partial charge in [0.15, 0.2) is 0 Å². The van der Waals surface area contributed by atoms with Gasteiger partial charge in [-0.15, -0.1) is 0 Å². The van der Waals surface area contributed by atoms with Crippen LogP contribution in [0.25, 0.3) is 0 Å². The SMILES string of the molecule is CCC(C)CNS(=O)(=O)c1cccc(C#CCO)c1. The van der Waals surface area contributed by atoms with Crippen LogP contribution in [0.4, 0.5) is 0 Å². The Kier molecular flexibility index (Phi) is 6.03. The Bertz CT molecular complexity index is 570. The highest BCUT2D eigenvalue weighted by atomic mass is 32.2. The first kappa shape index (κ1) is 15.7. The highest BCUT2D eigenvalue weighted by molar-refractivity contribution is 7.89. The van der Waals surface area contributed by atoms with Crippen molar-refractivity contribution in [3.8, 4) is 11.8 Å². The molecule has 1 aromatic carbocycles. The Labute approximate surface area is 114 Å². The Morgan fingerprint density at radius 3 is 2.79 bits per heavy atom. The molecule has 5 heteroatoms. The second-order valence-electron chi connectivity index (χ2n) is 4.35. The molecule has 1 atom stereocenters. The van der Waals surface area contributed by atoms with Crippen molar-refractivity contribution in [2.45, 2.75) is 25.2 Å². The van der Waals surface area contributed by atoms with Crippen molar-refractivity contribution in [3.05, 3.63) is 29.8 Å². The second-order valence-corrected chi connectivity index (χ2v) is 6.12. The summed E-state index contributed by atoms with van der Waals surface area (Å²) in [5.74, 6) is 5.48. The van der Waals surface area contributed by atoms with E-state index in [9.17, 15) is 8.42 Å². The molecule has 2 N–H and O–H groups in total. The monoisotopic (exact) mass is 281 g/mol. The predicted molar refractivity (Wildman–Crippen MR) is 75.0 cm³/mol. The molecule has 1 rings (SSSR count). The molecule has 1 aromatic rings. The first-order valence-electron chi connectivity index (χ1n) is 6.19. The minimum absolute atomic E-state index is 0.195. The smallest absolute Gasteiger partial charge is 0.240 e. The highest BCUT2D eigenvalue weighted by Gasteiger charge is 2.14. The molecule has 0 aliphatic carbocycles. The van der Waals surface area contributed by atoms with Crippen LogP contribution in [0.2, 0.25) is 0 Å². The molecule has 0 bridgehead atoms. The Morgan fingerprint density at radius 2 is 2.16 bits per heavy atom. The van der Waals surface area contributed by atoms with Gasteiger partial charge in [0.1, 0.15) is 6.61 Å². The number of rotatable bonds is 5. The van der Waals surface area contributed by atoms with Gasteiger partial charge in [0.2, 0.25) is 10.0 Å². The van der Waals surface area contributed by atoms with Crippen LogP contribution < -0.4 is 4.72 Å². The second kappa shape index (κ2) is 7.29. The van der Waals surface area contributed by atoms with Gasteiger partial charge in [0.05, 0.1) is 4.90 Å². The van der Waals surface area contributed by atoms with E-state index in [0.29, 0.717) is 18.0 Å². The van der Waals surface area contributed by atoms with Crippen LogP contribution >= 0.6 is 0 Å². The fourth-order valence-electron chi connectivity index (χ4n) is 1.36. The quantitative estimate of drug-likeness (QED) is 0.801. The summed E-state index contributed by atoms with van der Waals surface area (Å²) in [7, 11) is -3.49. The fraction of sp³-hybridized carbons (Fsp3) is 0.429. The van der Waals surface area contributed by atoms with Crippen LogP contribution in [-0.4, -0.2) is 26.7 Å². The number of sulfonamides is 1. The zero-order chi connectivity index (χ0) is 14.3. The lowest BCUT2D eigenvalue weighted by molar-refractivity contribution is 0.350. The van der Waals surface area contributed by atoms with Crippen molar-refractivity contribution >= 4 is 10.0 Å². The van der Waals surface area contributed by atoms with Gasteiger partial charge < -0.3 is 5.11 Å². The molecule has 0 saturated carbocycles. The molecule has 0 spiro atoms. The summed E-state index contributed by atoms with van der Waals surface area (Å²) in [6.07, 6.45) is 0.921. The average Bonchev–Trinajstić information content (AvgIpc) is 2.43. The maximum absolute atomic E-state index is 12.1. The van der Waals surface area contributed by atoms with E-state index in [1.807, 2.05) is 13.8 Å². The summed E-state index contributed by atoms with van der Waals surface area (Å²) < 4.78 is 26.7. The minimum Gasteiger partial charge on any atom is -0.384 e. The van der Waals surface area contributed by atoms with Crippen LogP contribution in [-0.2, 0) is 10.0 Å². The Hall–Kier alpha value is -1.35. The van der Waals surface area contributed by atoms with E-state index in [-0.39, 0.29) is 11.5 Å². The summed E-state index contributed by atoms with van der Waals surface area (Å²) in [6.45, 7) is 4.18. The number of hydrogen-bond donors (Lipinski definition) is 2. The third-order valence-electron chi connectivity index (χ3n) is 2.77. The van der Waals surface area contributed by atoms with Crippen molar-refractivity contribution in [2.75, 3.05) is 13.2 Å². The molecule has 19 heavy (non-hydrogen) atoms. The van der Waals surface area contributed by atoms with Crippen LogP contribution in [0.15, 0.2) is 29.2 Å². The van der Waals surface area contributed by atoms with Crippen molar-refractivity contribution in [1.29, 1.82) is 0 Å². The number of aliphatic hydroxyl groups is 1. The first-order valence-corrected chi connectivity index (χ1v) is 7.67. The maximum atomic E-state index is 12.1. The first-order chi connectivity index (χ1) is 8.99. The van der Waals surface area contributed by atoms with Crippen molar-refractivity contribution in [2.24, 2.45) is 5.92 Å². The van der Waals surface area contributed by atoms with Gasteiger partial charge in [-0.1, -0.05) is 38.2 Å². The number of nitrogens with one attached hydrogen (secondary N) is 1. The van der Waals surface area contributed by atoms with Gasteiger partial charge in [-0.25, -0.2) is 13.1 Å². The molecule has 104 valence electrons. The molecule has 0 aromatic heterocycles. The Balaban J connectivity index is 2.89. The standard InChI is InChI=1S/C14H19NO3S/c1-3-12(2)11-15-19(17,18)14-8-4-6-13(10-14)7-5-9-16/h4,6,8,10,12,15-16H,3,9,11H2,1-2H3. The molecule has 0 radical (unpaired) electrons. The van der Waals surface area contributed by atoms with Gasteiger partial charge in [-0.3, -0.25) is 0 Å². The Morgan fingerprint density at radius 1 is 1.42 bits per heavy atom. The number of hydrogen-bond acceptors (Lipinski definition) is 3. The van der Waals surface area contributed by atoms with E-state index in [1.165, 1.54) is 12.1 Å². The lowest BCUT2D eigenvalue weighted by Crippen LogP contribution is -2.28. The van der Waals surface area contributed by atoms with Crippen LogP contribution in [0, 0.1) is 17.8 Å². The summed E-state index contributed by atoms with van der Waals surface area (Å²) in [4.78, 5) is 0.195. The summed E-state index contributed by atoms with van der Waals surface area (Å²) in [5, 5.41) is 8.62. The lowest BCUT2D eigenvalue weighted by atomic mass is 10.1. The molecule has 0 aliphatic heterocycles. The van der Waals surface area contributed by atoms with E-state index >= 15 is 0 Å². The summed E-state index contributed by atoms with van der Waals surface area (Å²) in [5.41, 5.74) is 0.570. The zero-order valence-corrected chi connectivity index (χ0v) is 12.0. The molecule has 0 aliphatic rings. The lowest BCUT2D eigenvalue weighted by Gasteiger charge is -2.11. The summed E-state index contributed by atoms with van der Waals surface area (Å²) in [6, 6.07) is 6.38. The molecule has 0 heterocycles. The molecular weight excluding hydrogens is 262 g/mol. The van der Waals surface area contributed by atoms with Gasteiger partial charge in [0.25, 0.3) is 0 Å². The highest BCUT2D eigenvalue weighted by Crippen LogP contribution is 2.11. The van der Waals surface area contributed by atoms with Gasteiger partial charge in [0, 0.05) is 12.1 Å². The third kappa shape index (κ3) is 5.03. The van der Waals surface area contributed by atoms with Crippen molar-refractivity contribution < 1.29 is 13.5 Å². The molecule has 0 fully saturated rings. The molecule has 0 saturated heterocycles. The van der Waals surface area contributed by atoms with E-state index in [1.54, 1.807) is 12.1 Å². The number of aliphatic hydroxyl groups excluding tert-OH is 1. The van der Waals surface area contributed by atoms with Gasteiger partial charge >= 0.3 is 0 Å². The largest absolute Gasteiger partial charge is 0.384 e. The van der Waals surface area contributed by atoms with E-state index in [0.717, 1.165) is 6.42 Å². The molecule has 0 amide bonds. The third-order valence-corrected chi connectivity index (χ3v) is 4.20. The summed E-state index contributed by atoms with van der Waals surface area (Å²) >= 11 is 0. The molecule has 1 unspecified atom stereocenters. The van der Waals surface area contributed by atoms with Crippen LogP contribution in [0.5, 0.6) is 0 Å². The zero-order valence-electron chi connectivity index (χ0n) is 11.2. The predicted octanol–water partition coefficient (Wildman–Crippen LogP) is 1.35. The normalized spacial score (nSPS) is 12.6. The van der Waals surface area contributed by atoms with E-state index < -0.39 is 10.0 Å². The maximum Gasteiger partial charge on any atom is 0.240 e. The van der Waals surface area contributed by atoms with Crippen LogP contribution in [0.1, 0.15) is 25.8 Å². The van der Waals surface area contributed by atoms with Gasteiger partial charge in [-0.05, 0) is 24.1 Å². The minimum atomic E-state index is -3.49. The number of benzene rings is 1. The average molecular weight is 281 g/mol. The molecule has 4 nitrogen and oxygen atoms in total. The topological polar surface area (TPSA) is 66.4 Å². The van der Waals surface area contributed by atoms with Gasteiger partial charge in [-0.2, -0.15) is 0 Å². The van der Waals surface area contributed by atoms with Crippen molar-refractivity contribution in [1.82, 2.24) is 4.72 Å². The van der Waals surface area contributed by atoms with E-state index in [2.05, 4.69) is 16.6 Å². The van der Waals surface area contributed by atoms with Crippen molar-refractivity contribution in [3.63, 3.8) is 0 Å². The van der Waals surface area contributed by atoms with Crippen LogP contribution in [0.3, 0.4) is 0 Å². The van der Waals surface area contributed by atoms with E-state index in [4.69, 9.17) is 5.11 Å².